The van der Waals surface area contributed by atoms with Gasteiger partial charge < -0.3 is 10.1 Å². The van der Waals surface area contributed by atoms with E-state index in [1.807, 2.05) is 103 Å². The second kappa shape index (κ2) is 12.4. The zero-order valence-electron chi connectivity index (χ0n) is 22.1. The van der Waals surface area contributed by atoms with Crippen LogP contribution >= 0.6 is 0 Å². The molecule has 2 atom stereocenters. The number of aryl methyl sites for hydroxylation is 1. The Kier molecular flexibility index (Phi) is 8.29. The maximum atomic E-state index is 14.1. The van der Waals surface area contributed by atoms with E-state index in [0.717, 1.165) is 34.9 Å². The van der Waals surface area contributed by atoms with Crippen LogP contribution in [0.15, 0.2) is 115 Å². The predicted molar refractivity (Wildman–Crippen MR) is 157 cm³/mol. The van der Waals surface area contributed by atoms with E-state index in [-0.39, 0.29) is 11.9 Å². The van der Waals surface area contributed by atoms with E-state index < -0.39 is 6.23 Å². The first-order chi connectivity index (χ1) is 19.1. The fraction of sp³-hybridized carbons (Fsp3) is 0.176. The summed E-state index contributed by atoms with van der Waals surface area (Å²) in [5.74, 6) is 0.188. The summed E-state index contributed by atoms with van der Waals surface area (Å²) in [6, 6.07) is 37.5. The zero-order valence-corrected chi connectivity index (χ0v) is 22.1. The number of nitrogens with one attached hydrogen (secondary N) is 1. The fourth-order valence-corrected chi connectivity index (χ4v) is 4.83. The Hall–Kier alpha value is -4.48. The maximum Gasteiger partial charge on any atom is 0.256 e. The molecule has 0 saturated heterocycles. The van der Waals surface area contributed by atoms with Crippen molar-refractivity contribution in [2.75, 3.05) is 0 Å². The highest BCUT2D eigenvalue weighted by Gasteiger charge is 2.26. The van der Waals surface area contributed by atoms with Gasteiger partial charge in [-0.15, -0.1) is 0 Å². The largest absolute Gasteiger partial charge is 0.472 e. The summed E-state index contributed by atoms with van der Waals surface area (Å²) in [6.45, 7) is 2.06. The van der Waals surface area contributed by atoms with Gasteiger partial charge in [-0.05, 0) is 30.0 Å². The molecule has 5 nitrogen and oxygen atoms in total. The van der Waals surface area contributed by atoms with Gasteiger partial charge in [0.2, 0.25) is 0 Å². The van der Waals surface area contributed by atoms with Crippen molar-refractivity contribution < 1.29 is 9.53 Å². The van der Waals surface area contributed by atoms with Gasteiger partial charge in [-0.3, -0.25) is 10.5 Å². The van der Waals surface area contributed by atoms with E-state index in [1.54, 1.807) is 0 Å². The van der Waals surface area contributed by atoms with E-state index >= 15 is 0 Å². The van der Waals surface area contributed by atoms with Crippen LogP contribution in [-0.2, 0) is 6.42 Å². The number of hydrogen-bond acceptors (Lipinski definition) is 4. The Morgan fingerprint density at radius 3 is 2.15 bits per heavy atom. The first-order valence-corrected chi connectivity index (χ1v) is 13.4. The molecule has 0 fully saturated rings. The third-order valence-electron chi connectivity index (χ3n) is 6.87. The lowest BCUT2D eigenvalue weighted by Gasteiger charge is -2.23. The van der Waals surface area contributed by atoms with Crippen molar-refractivity contribution in [3.05, 3.63) is 132 Å². The summed E-state index contributed by atoms with van der Waals surface area (Å²) in [5, 5.41) is 3.98. The molecule has 1 aromatic heterocycles. The number of para-hydroxylation sites is 1. The number of nitrogens with zero attached hydrogens (tertiary/aromatic N) is 1. The monoisotopic (exact) mass is 515 g/mol. The molecule has 0 aliphatic rings. The van der Waals surface area contributed by atoms with Crippen LogP contribution < -0.4 is 15.8 Å². The summed E-state index contributed by atoms with van der Waals surface area (Å²) >= 11 is 0. The van der Waals surface area contributed by atoms with E-state index in [9.17, 15) is 4.79 Å². The van der Waals surface area contributed by atoms with Crippen LogP contribution in [0, 0.1) is 0 Å². The van der Waals surface area contributed by atoms with Crippen LogP contribution in [0.25, 0.3) is 22.2 Å². The number of aromatic nitrogens is 1. The molecule has 5 aromatic rings. The number of nitrogens with two attached hydrogens (primary N) is 1. The van der Waals surface area contributed by atoms with Gasteiger partial charge in [0.25, 0.3) is 5.91 Å². The average Bonchev–Trinajstić information content (AvgIpc) is 2.99. The second-order valence-corrected chi connectivity index (χ2v) is 9.57. The summed E-state index contributed by atoms with van der Waals surface area (Å²) in [6.07, 6.45) is 1.47. The first kappa shape index (κ1) is 26.1. The molecule has 1 heterocycles. The lowest BCUT2D eigenvalue weighted by Crippen LogP contribution is -2.32. The average molecular weight is 516 g/mol. The van der Waals surface area contributed by atoms with Gasteiger partial charge in [0, 0.05) is 17.4 Å². The molecule has 196 valence electrons. The minimum absolute atomic E-state index is 0.148. The normalized spacial score (nSPS) is 12.6. The third-order valence-corrected chi connectivity index (χ3v) is 6.87. The second-order valence-electron chi connectivity index (χ2n) is 9.57. The molecule has 3 N–H and O–H groups in total. The zero-order chi connectivity index (χ0) is 27.0. The van der Waals surface area contributed by atoms with Crippen molar-refractivity contribution in [3.63, 3.8) is 0 Å². The Balaban J connectivity index is 1.57. The standard InChI is InChI=1S/C34H33N3O2/c1-2-28(25-16-8-4-9-17-25)37-34(38)31-27-20-12-13-21-29(27)36-32(26-18-10-5-11-19-26)33(31)39-30(35)23-22-24-14-6-3-7-15-24/h3-21,28,30H,2,22-23,35H2,1H3,(H,37,38). The Labute approximate surface area is 229 Å². The number of fused-ring (bicyclic) bond motifs is 1. The van der Waals surface area contributed by atoms with Crippen molar-refractivity contribution in [2.45, 2.75) is 38.5 Å². The highest BCUT2D eigenvalue weighted by atomic mass is 16.5. The molecular formula is C34H33N3O2. The summed E-state index contributed by atoms with van der Waals surface area (Å²) < 4.78 is 6.46. The van der Waals surface area contributed by atoms with Crippen LogP contribution in [0.3, 0.4) is 0 Å². The number of amides is 1. The molecular weight excluding hydrogens is 482 g/mol. The lowest BCUT2D eigenvalue weighted by molar-refractivity contribution is 0.0929. The molecule has 0 radical (unpaired) electrons. The highest BCUT2D eigenvalue weighted by molar-refractivity contribution is 6.10. The molecule has 5 rings (SSSR count). The molecule has 0 saturated carbocycles. The molecule has 5 heteroatoms. The Morgan fingerprint density at radius 2 is 1.46 bits per heavy atom. The van der Waals surface area contributed by atoms with Gasteiger partial charge in [-0.2, -0.15) is 0 Å². The van der Waals surface area contributed by atoms with Crippen LogP contribution in [0.1, 0.15) is 47.3 Å². The van der Waals surface area contributed by atoms with Crippen LogP contribution in [-0.4, -0.2) is 17.1 Å². The molecule has 0 spiro atoms. The van der Waals surface area contributed by atoms with Gasteiger partial charge in [-0.1, -0.05) is 116 Å². The van der Waals surface area contributed by atoms with Crippen LogP contribution in [0.4, 0.5) is 0 Å². The molecule has 39 heavy (non-hydrogen) atoms. The van der Waals surface area contributed by atoms with Gasteiger partial charge in [0.15, 0.2) is 5.75 Å². The van der Waals surface area contributed by atoms with Crippen molar-refractivity contribution in [1.29, 1.82) is 0 Å². The molecule has 0 aliphatic carbocycles. The fourth-order valence-electron chi connectivity index (χ4n) is 4.83. The number of rotatable bonds is 10. The summed E-state index contributed by atoms with van der Waals surface area (Å²) in [7, 11) is 0. The number of pyridine rings is 1. The van der Waals surface area contributed by atoms with Crippen molar-refractivity contribution >= 4 is 16.8 Å². The van der Waals surface area contributed by atoms with Gasteiger partial charge in [0.1, 0.15) is 11.9 Å². The first-order valence-electron chi connectivity index (χ1n) is 13.4. The van der Waals surface area contributed by atoms with Gasteiger partial charge in [-0.25, -0.2) is 4.98 Å². The number of carbonyl (C=O) groups is 1. The molecule has 2 unspecified atom stereocenters. The van der Waals surface area contributed by atoms with Crippen molar-refractivity contribution in [2.24, 2.45) is 5.73 Å². The van der Waals surface area contributed by atoms with E-state index in [2.05, 4.69) is 24.4 Å². The summed E-state index contributed by atoms with van der Waals surface area (Å²) in [4.78, 5) is 19.1. The van der Waals surface area contributed by atoms with Crippen LogP contribution in [0.5, 0.6) is 5.75 Å². The van der Waals surface area contributed by atoms with Gasteiger partial charge in [0.05, 0.1) is 17.1 Å². The number of hydrogen-bond donors (Lipinski definition) is 2. The van der Waals surface area contributed by atoms with Crippen LogP contribution in [0.2, 0.25) is 0 Å². The summed E-state index contributed by atoms with van der Waals surface area (Å²) in [5.41, 5.74) is 11.4. The minimum atomic E-state index is -0.627. The molecule has 4 aromatic carbocycles. The molecule has 1 amide bonds. The molecule has 0 aliphatic heterocycles. The molecule has 0 bridgehead atoms. The van der Waals surface area contributed by atoms with E-state index in [0.29, 0.717) is 23.4 Å². The number of carbonyl (C=O) groups excluding carboxylic acids is 1. The highest BCUT2D eigenvalue weighted by Crippen LogP contribution is 2.37. The quantitative estimate of drug-likeness (QED) is 0.195. The maximum absolute atomic E-state index is 14.1. The third kappa shape index (κ3) is 6.16. The predicted octanol–water partition coefficient (Wildman–Crippen LogP) is 7.08. The Morgan fingerprint density at radius 1 is 0.846 bits per heavy atom. The topological polar surface area (TPSA) is 77.2 Å². The van der Waals surface area contributed by atoms with Gasteiger partial charge >= 0.3 is 0 Å². The minimum Gasteiger partial charge on any atom is -0.472 e. The number of ether oxygens (including phenoxy) is 1. The van der Waals surface area contributed by atoms with E-state index in [1.165, 1.54) is 5.56 Å². The number of benzene rings is 4. The lowest BCUT2D eigenvalue weighted by atomic mass is 9.99. The van der Waals surface area contributed by atoms with Crippen molar-refractivity contribution in [1.82, 2.24) is 10.3 Å². The SMILES string of the molecule is CCC(NC(=O)c1c(OC(N)CCc2ccccc2)c(-c2ccccc2)nc2ccccc12)c1ccccc1. The Bertz CT molecular complexity index is 1520. The smallest absolute Gasteiger partial charge is 0.256 e. The van der Waals surface area contributed by atoms with Crippen molar-refractivity contribution in [3.8, 4) is 17.0 Å². The van der Waals surface area contributed by atoms with E-state index in [4.69, 9.17) is 15.5 Å².